The predicted molar refractivity (Wildman–Crippen MR) is 113 cm³/mol. The third-order valence-corrected chi connectivity index (χ3v) is 5.24. The number of carbonyl (C=O) groups is 1. The molecular weight excluding hydrogens is 370 g/mol. The lowest BCUT2D eigenvalue weighted by atomic mass is 9.90. The molecule has 0 amide bonds. The van der Waals surface area contributed by atoms with Gasteiger partial charge in [0.15, 0.2) is 0 Å². The number of nitrogens with zero attached hydrogens (tertiary/aromatic N) is 1. The topological polar surface area (TPSA) is 89.7 Å². The molecule has 29 heavy (non-hydrogen) atoms. The molecule has 1 N–H and O–H groups in total. The number of methoxy groups -OCH3 is 1. The molecule has 0 atom stereocenters. The standard InChI is InChI=1S/C23H29NO5/c1-4-5-6-7-8-9-12-17-15-19(18-13-10-11-14-20(18)24(27)28)21(23(26)29-3)22(25)16(17)2/h10-11,13-15,25H,4-9,12H2,1-3H3. The van der Waals surface area contributed by atoms with Crippen molar-refractivity contribution in [2.45, 2.75) is 58.8 Å². The number of carbonyl (C=O) groups excluding carboxylic acids is 1. The summed E-state index contributed by atoms with van der Waals surface area (Å²) < 4.78 is 4.84. The number of nitro groups is 1. The second kappa shape index (κ2) is 10.6. The Morgan fingerprint density at radius 1 is 1.10 bits per heavy atom. The van der Waals surface area contributed by atoms with E-state index in [0.29, 0.717) is 11.1 Å². The second-order valence-corrected chi connectivity index (χ2v) is 7.22. The predicted octanol–water partition coefficient (Wildman–Crippen LogP) is 5.97. The minimum atomic E-state index is -0.718. The van der Waals surface area contributed by atoms with Gasteiger partial charge in [0.25, 0.3) is 5.69 Å². The molecule has 2 rings (SSSR count). The van der Waals surface area contributed by atoms with E-state index in [0.717, 1.165) is 31.2 Å². The maximum Gasteiger partial charge on any atom is 0.342 e. The van der Waals surface area contributed by atoms with Crippen molar-refractivity contribution < 1.29 is 19.6 Å². The van der Waals surface area contributed by atoms with Gasteiger partial charge in [-0.15, -0.1) is 0 Å². The lowest BCUT2D eigenvalue weighted by molar-refractivity contribution is -0.384. The van der Waals surface area contributed by atoms with Gasteiger partial charge in [-0.1, -0.05) is 51.2 Å². The monoisotopic (exact) mass is 399 g/mol. The third-order valence-electron chi connectivity index (χ3n) is 5.24. The summed E-state index contributed by atoms with van der Waals surface area (Å²) in [6.45, 7) is 3.94. The number of aromatic hydroxyl groups is 1. The van der Waals surface area contributed by atoms with E-state index in [2.05, 4.69) is 6.92 Å². The first-order valence-electron chi connectivity index (χ1n) is 10.1. The Labute approximate surface area is 171 Å². The van der Waals surface area contributed by atoms with E-state index in [-0.39, 0.29) is 22.6 Å². The Kier molecular flexibility index (Phi) is 8.19. The Morgan fingerprint density at radius 3 is 2.41 bits per heavy atom. The number of para-hydroxylation sites is 1. The lowest BCUT2D eigenvalue weighted by Gasteiger charge is -2.16. The Morgan fingerprint density at radius 2 is 1.76 bits per heavy atom. The van der Waals surface area contributed by atoms with Crippen LogP contribution in [0.25, 0.3) is 11.1 Å². The first-order valence-corrected chi connectivity index (χ1v) is 10.1. The van der Waals surface area contributed by atoms with Crippen LogP contribution in [0.15, 0.2) is 30.3 Å². The molecule has 0 spiro atoms. The van der Waals surface area contributed by atoms with E-state index in [1.54, 1.807) is 31.2 Å². The first-order chi connectivity index (χ1) is 13.9. The Bertz CT molecular complexity index is 876. The lowest BCUT2D eigenvalue weighted by Crippen LogP contribution is -2.08. The number of nitro benzene ring substituents is 1. The van der Waals surface area contributed by atoms with Crippen LogP contribution in [-0.2, 0) is 11.2 Å². The van der Waals surface area contributed by atoms with Crippen LogP contribution in [-0.4, -0.2) is 23.1 Å². The highest BCUT2D eigenvalue weighted by Crippen LogP contribution is 2.39. The van der Waals surface area contributed by atoms with Gasteiger partial charge in [0.2, 0.25) is 0 Å². The summed E-state index contributed by atoms with van der Waals surface area (Å²) in [5, 5.41) is 22.3. The van der Waals surface area contributed by atoms with Crippen molar-refractivity contribution in [1.82, 2.24) is 0 Å². The molecule has 0 aromatic heterocycles. The van der Waals surface area contributed by atoms with E-state index in [4.69, 9.17) is 4.74 Å². The number of esters is 1. The summed E-state index contributed by atoms with van der Waals surface area (Å²) in [4.78, 5) is 23.4. The number of rotatable bonds is 10. The fourth-order valence-corrected chi connectivity index (χ4v) is 3.56. The van der Waals surface area contributed by atoms with Crippen molar-refractivity contribution in [2.75, 3.05) is 7.11 Å². The van der Waals surface area contributed by atoms with E-state index in [1.165, 1.54) is 32.4 Å². The molecule has 0 fully saturated rings. The zero-order valence-electron chi connectivity index (χ0n) is 17.4. The molecule has 0 radical (unpaired) electrons. The Hall–Kier alpha value is -2.89. The van der Waals surface area contributed by atoms with E-state index >= 15 is 0 Å². The minimum Gasteiger partial charge on any atom is -0.507 e. The van der Waals surface area contributed by atoms with E-state index in [1.807, 2.05) is 0 Å². The molecule has 0 aliphatic rings. The molecule has 2 aromatic carbocycles. The molecular formula is C23H29NO5. The number of phenols is 1. The number of ether oxygens (including phenoxy) is 1. The highest BCUT2D eigenvalue weighted by Gasteiger charge is 2.26. The first kappa shape index (κ1) is 22.4. The maximum absolute atomic E-state index is 12.4. The van der Waals surface area contributed by atoms with Gasteiger partial charge in [0.1, 0.15) is 11.3 Å². The van der Waals surface area contributed by atoms with E-state index in [9.17, 15) is 20.0 Å². The highest BCUT2D eigenvalue weighted by molar-refractivity contribution is 6.02. The van der Waals surface area contributed by atoms with Crippen molar-refractivity contribution in [1.29, 1.82) is 0 Å². The summed E-state index contributed by atoms with van der Waals surface area (Å²) in [5.74, 6) is -0.890. The van der Waals surface area contributed by atoms with Gasteiger partial charge in [-0.3, -0.25) is 10.1 Å². The molecule has 6 heteroatoms. The average Bonchev–Trinajstić information content (AvgIpc) is 2.72. The molecule has 156 valence electrons. The minimum absolute atomic E-state index is 0.0361. The van der Waals surface area contributed by atoms with Crippen molar-refractivity contribution in [3.05, 3.63) is 57.1 Å². The SMILES string of the molecule is CCCCCCCCc1cc(-c2ccccc2[N+](=O)[O-])c(C(=O)OC)c(O)c1C. The van der Waals surface area contributed by atoms with Crippen LogP contribution in [0.4, 0.5) is 5.69 Å². The summed E-state index contributed by atoms with van der Waals surface area (Å²) in [6, 6.07) is 8.01. The van der Waals surface area contributed by atoms with Crippen LogP contribution in [0, 0.1) is 17.0 Å². The molecule has 0 aliphatic heterocycles. The molecule has 0 bridgehead atoms. The van der Waals surface area contributed by atoms with Gasteiger partial charge in [-0.25, -0.2) is 4.79 Å². The number of phenolic OH excluding ortho intramolecular Hbond substituents is 1. The van der Waals surface area contributed by atoms with Gasteiger partial charge in [-0.2, -0.15) is 0 Å². The summed E-state index contributed by atoms with van der Waals surface area (Å²) >= 11 is 0. The van der Waals surface area contributed by atoms with Gasteiger partial charge in [0, 0.05) is 11.6 Å². The fourth-order valence-electron chi connectivity index (χ4n) is 3.56. The number of hydrogen-bond donors (Lipinski definition) is 1. The number of aryl methyl sites for hydroxylation is 1. The Balaban J connectivity index is 2.47. The maximum atomic E-state index is 12.4. The largest absolute Gasteiger partial charge is 0.507 e. The van der Waals surface area contributed by atoms with Crippen molar-refractivity contribution in [3.63, 3.8) is 0 Å². The van der Waals surface area contributed by atoms with Gasteiger partial charge < -0.3 is 9.84 Å². The van der Waals surface area contributed by atoms with Gasteiger partial charge in [-0.05, 0) is 43.0 Å². The summed E-state index contributed by atoms with van der Waals surface area (Å²) in [6.07, 6.45) is 7.58. The number of benzene rings is 2. The quantitative estimate of drug-likeness (QED) is 0.230. The fraction of sp³-hybridized carbons (Fsp3) is 0.435. The smallest absolute Gasteiger partial charge is 0.342 e. The summed E-state index contributed by atoms with van der Waals surface area (Å²) in [7, 11) is 1.23. The van der Waals surface area contributed by atoms with Crippen LogP contribution in [0.3, 0.4) is 0 Å². The van der Waals surface area contributed by atoms with Gasteiger partial charge in [0.05, 0.1) is 17.6 Å². The van der Waals surface area contributed by atoms with Crippen LogP contribution in [0.2, 0.25) is 0 Å². The van der Waals surface area contributed by atoms with Crippen LogP contribution < -0.4 is 0 Å². The molecule has 0 saturated heterocycles. The number of hydrogen-bond acceptors (Lipinski definition) is 5. The third kappa shape index (κ3) is 5.34. The van der Waals surface area contributed by atoms with Crippen LogP contribution in [0.5, 0.6) is 5.75 Å². The second-order valence-electron chi connectivity index (χ2n) is 7.22. The molecule has 0 unspecified atom stereocenters. The van der Waals surface area contributed by atoms with Crippen molar-refractivity contribution >= 4 is 11.7 Å². The zero-order chi connectivity index (χ0) is 21.4. The normalized spacial score (nSPS) is 10.7. The summed E-state index contributed by atoms with van der Waals surface area (Å²) in [5.41, 5.74) is 1.96. The molecule has 6 nitrogen and oxygen atoms in total. The van der Waals surface area contributed by atoms with Crippen LogP contribution >= 0.6 is 0 Å². The highest BCUT2D eigenvalue weighted by atomic mass is 16.6. The molecule has 0 aliphatic carbocycles. The van der Waals surface area contributed by atoms with Crippen molar-refractivity contribution in [2.24, 2.45) is 0 Å². The van der Waals surface area contributed by atoms with E-state index < -0.39 is 10.9 Å². The molecule has 0 saturated carbocycles. The average molecular weight is 399 g/mol. The zero-order valence-corrected chi connectivity index (χ0v) is 17.4. The van der Waals surface area contributed by atoms with Crippen LogP contribution in [0.1, 0.15) is 66.9 Å². The van der Waals surface area contributed by atoms with Gasteiger partial charge >= 0.3 is 5.97 Å². The molecule has 2 aromatic rings. The van der Waals surface area contributed by atoms with Crippen molar-refractivity contribution in [3.8, 4) is 16.9 Å². The molecule has 0 heterocycles. The number of unbranched alkanes of at least 4 members (excludes halogenated alkanes) is 5.